The van der Waals surface area contributed by atoms with Crippen LogP contribution in [-0.4, -0.2) is 11.5 Å². The Morgan fingerprint density at radius 3 is 3.00 bits per heavy atom. The molecule has 1 aromatic rings. The third-order valence-electron chi connectivity index (χ3n) is 1.71. The smallest absolute Gasteiger partial charge is 0.0315 e. The quantitative estimate of drug-likeness (QED) is 0.706. The summed E-state index contributed by atoms with van der Waals surface area (Å²) in [5.74, 6) is 0. The lowest BCUT2D eigenvalue weighted by molar-refractivity contribution is 0.721. The monoisotopic (exact) mass is 150 g/mol. The summed E-state index contributed by atoms with van der Waals surface area (Å²) in [6.45, 7) is 6.14. The molecule has 0 aliphatic heterocycles. The molecular formula is C9H14N2. The van der Waals surface area contributed by atoms with E-state index in [1.165, 1.54) is 11.1 Å². The van der Waals surface area contributed by atoms with E-state index >= 15 is 0 Å². The first-order valence-electron chi connectivity index (χ1n) is 3.94. The Labute approximate surface area is 67.7 Å². The van der Waals surface area contributed by atoms with Crippen molar-refractivity contribution < 1.29 is 0 Å². The molecule has 0 aromatic carbocycles. The standard InChI is InChI=1S/C9H14N2/c1-3-10-6-9-7-11-5-4-8(9)2/h4-5,7,10H,3,6H2,1-2H3. The zero-order chi connectivity index (χ0) is 8.10. The van der Waals surface area contributed by atoms with Gasteiger partial charge >= 0.3 is 0 Å². The topological polar surface area (TPSA) is 24.9 Å². The van der Waals surface area contributed by atoms with Crippen molar-refractivity contribution in [3.63, 3.8) is 0 Å². The molecule has 2 heteroatoms. The predicted octanol–water partition coefficient (Wildman–Crippen LogP) is 1.50. The van der Waals surface area contributed by atoms with E-state index in [0.717, 1.165) is 13.1 Å². The number of hydrogen-bond acceptors (Lipinski definition) is 2. The van der Waals surface area contributed by atoms with Crippen LogP contribution in [0, 0.1) is 6.92 Å². The van der Waals surface area contributed by atoms with Crippen LogP contribution in [0.4, 0.5) is 0 Å². The van der Waals surface area contributed by atoms with Crippen LogP contribution in [0.3, 0.4) is 0 Å². The molecule has 2 nitrogen and oxygen atoms in total. The van der Waals surface area contributed by atoms with Gasteiger partial charge in [0.2, 0.25) is 0 Å². The molecule has 0 saturated carbocycles. The average Bonchev–Trinajstić information content (AvgIpc) is 2.03. The molecule has 60 valence electrons. The molecule has 0 spiro atoms. The van der Waals surface area contributed by atoms with Crippen molar-refractivity contribution in [1.82, 2.24) is 10.3 Å². The van der Waals surface area contributed by atoms with E-state index < -0.39 is 0 Å². The van der Waals surface area contributed by atoms with Crippen molar-refractivity contribution in [3.8, 4) is 0 Å². The summed E-state index contributed by atoms with van der Waals surface area (Å²) in [6.07, 6.45) is 3.74. The Kier molecular flexibility index (Phi) is 3.05. The maximum absolute atomic E-state index is 4.06. The number of nitrogens with one attached hydrogen (secondary N) is 1. The van der Waals surface area contributed by atoms with Gasteiger partial charge in [-0.15, -0.1) is 0 Å². The van der Waals surface area contributed by atoms with Crippen molar-refractivity contribution in [3.05, 3.63) is 29.6 Å². The van der Waals surface area contributed by atoms with E-state index in [9.17, 15) is 0 Å². The van der Waals surface area contributed by atoms with Crippen LogP contribution in [0.2, 0.25) is 0 Å². The molecule has 0 fully saturated rings. The van der Waals surface area contributed by atoms with Crippen LogP contribution >= 0.6 is 0 Å². The van der Waals surface area contributed by atoms with Gasteiger partial charge in [-0.3, -0.25) is 4.98 Å². The molecule has 0 aliphatic rings. The van der Waals surface area contributed by atoms with Gasteiger partial charge < -0.3 is 5.32 Å². The highest BCUT2D eigenvalue weighted by Crippen LogP contribution is 2.03. The largest absolute Gasteiger partial charge is 0.313 e. The summed E-state index contributed by atoms with van der Waals surface area (Å²) in [7, 11) is 0. The van der Waals surface area contributed by atoms with Crippen LogP contribution < -0.4 is 5.32 Å². The van der Waals surface area contributed by atoms with E-state index in [4.69, 9.17) is 0 Å². The minimum atomic E-state index is 0.927. The number of hydrogen-bond donors (Lipinski definition) is 1. The molecule has 1 heterocycles. The maximum atomic E-state index is 4.06. The van der Waals surface area contributed by atoms with Gasteiger partial charge in [-0.05, 0) is 30.7 Å². The number of rotatable bonds is 3. The Morgan fingerprint density at radius 1 is 1.55 bits per heavy atom. The third-order valence-corrected chi connectivity index (χ3v) is 1.71. The number of pyridine rings is 1. The molecule has 0 bridgehead atoms. The zero-order valence-electron chi connectivity index (χ0n) is 7.09. The van der Waals surface area contributed by atoms with Crippen molar-refractivity contribution in [2.45, 2.75) is 20.4 Å². The van der Waals surface area contributed by atoms with Crippen molar-refractivity contribution in [2.24, 2.45) is 0 Å². The van der Waals surface area contributed by atoms with Crippen LogP contribution in [0.25, 0.3) is 0 Å². The lowest BCUT2D eigenvalue weighted by atomic mass is 10.2. The Morgan fingerprint density at radius 2 is 2.36 bits per heavy atom. The lowest BCUT2D eigenvalue weighted by Gasteiger charge is -2.03. The summed E-state index contributed by atoms with van der Waals surface area (Å²) in [4.78, 5) is 4.06. The molecule has 0 radical (unpaired) electrons. The average molecular weight is 150 g/mol. The normalized spacial score (nSPS) is 10.0. The second-order valence-electron chi connectivity index (χ2n) is 2.58. The molecule has 1 N–H and O–H groups in total. The molecule has 0 amide bonds. The predicted molar refractivity (Wildman–Crippen MR) is 46.4 cm³/mol. The molecule has 0 aliphatic carbocycles. The highest BCUT2D eigenvalue weighted by Gasteiger charge is 1.94. The molecule has 0 saturated heterocycles. The molecule has 11 heavy (non-hydrogen) atoms. The summed E-state index contributed by atoms with van der Waals surface area (Å²) in [5, 5.41) is 3.27. The van der Waals surface area contributed by atoms with E-state index in [1.54, 1.807) is 0 Å². The van der Waals surface area contributed by atoms with Gasteiger partial charge in [0.1, 0.15) is 0 Å². The fourth-order valence-electron chi connectivity index (χ4n) is 0.941. The molecular weight excluding hydrogens is 136 g/mol. The van der Waals surface area contributed by atoms with Gasteiger partial charge in [-0.1, -0.05) is 6.92 Å². The van der Waals surface area contributed by atoms with Gasteiger partial charge in [0, 0.05) is 18.9 Å². The Bertz CT molecular complexity index is 221. The highest BCUT2D eigenvalue weighted by molar-refractivity contribution is 5.20. The first-order valence-corrected chi connectivity index (χ1v) is 3.94. The van der Waals surface area contributed by atoms with Crippen molar-refractivity contribution in [2.75, 3.05) is 6.54 Å². The number of aryl methyl sites for hydroxylation is 1. The van der Waals surface area contributed by atoms with Gasteiger partial charge in [0.15, 0.2) is 0 Å². The van der Waals surface area contributed by atoms with Gasteiger partial charge in [0.05, 0.1) is 0 Å². The minimum Gasteiger partial charge on any atom is -0.313 e. The zero-order valence-corrected chi connectivity index (χ0v) is 7.09. The van der Waals surface area contributed by atoms with Gasteiger partial charge in [-0.2, -0.15) is 0 Å². The van der Waals surface area contributed by atoms with Crippen molar-refractivity contribution >= 4 is 0 Å². The highest BCUT2D eigenvalue weighted by atomic mass is 14.8. The third kappa shape index (κ3) is 2.31. The molecule has 1 aromatic heterocycles. The first kappa shape index (κ1) is 8.21. The van der Waals surface area contributed by atoms with Crippen LogP contribution in [0.15, 0.2) is 18.5 Å². The number of aromatic nitrogens is 1. The number of nitrogens with zero attached hydrogens (tertiary/aromatic N) is 1. The van der Waals surface area contributed by atoms with Crippen molar-refractivity contribution in [1.29, 1.82) is 0 Å². The van der Waals surface area contributed by atoms with E-state index in [1.807, 2.05) is 18.5 Å². The summed E-state index contributed by atoms with van der Waals surface area (Å²) < 4.78 is 0. The second kappa shape index (κ2) is 4.09. The maximum Gasteiger partial charge on any atom is 0.0315 e. The van der Waals surface area contributed by atoms with E-state index in [2.05, 4.69) is 24.1 Å². The lowest BCUT2D eigenvalue weighted by Crippen LogP contribution is -2.12. The fraction of sp³-hybridized carbons (Fsp3) is 0.444. The summed E-state index contributed by atoms with van der Waals surface area (Å²) >= 11 is 0. The minimum absolute atomic E-state index is 0.927. The summed E-state index contributed by atoms with van der Waals surface area (Å²) in [6, 6.07) is 2.03. The van der Waals surface area contributed by atoms with E-state index in [0.29, 0.717) is 0 Å². The fourth-order valence-corrected chi connectivity index (χ4v) is 0.941. The summed E-state index contributed by atoms with van der Waals surface area (Å²) in [5.41, 5.74) is 2.59. The molecule has 0 unspecified atom stereocenters. The van der Waals surface area contributed by atoms with E-state index in [-0.39, 0.29) is 0 Å². The van der Waals surface area contributed by atoms with Crippen LogP contribution in [0.5, 0.6) is 0 Å². The van der Waals surface area contributed by atoms with Crippen LogP contribution in [-0.2, 0) is 6.54 Å². The second-order valence-corrected chi connectivity index (χ2v) is 2.58. The Hall–Kier alpha value is -0.890. The van der Waals surface area contributed by atoms with Crippen LogP contribution in [0.1, 0.15) is 18.1 Å². The van der Waals surface area contributed by atoms with Gasteiger partial charge in [-0.25, -0.2) is 0 Å². The SMILES string of the molecule is CCNCc1cnccc1C. The Balaban J connectivity index is 2.62. The molecule has 1 rings (SSSR count). The molecule has 0 atom stereocenters. The first-order chi connectivity index (χ1) is 5.34. The van der Waals surface area contributed by atoms with Gasteiger partial charge in [0.25, 0.3) is 0 Å².